The molecule has 0 spiro atoms. The zero-order valence-electron chi connectivity index (χ0n) is 8.26. The van der Waals surface area contributed by atoms with E-state index in [1.54, 1.807) is 11.8 Å². The van der Waals surface area contributed by atoms with Crippen molar-refractivity contribution in [1.29, 1.82) is 0 Å². The summed E-state index contributed by atoms with van der Waals surface area (Å²) in [6.07, 6.45) is 1.94. The Kier molecular flexibility index (Phi) is 3.55. The van der Waals surface area contributed by atoms with Gasteiger partial charge in [-0.2, -0.15) is 11.8 Å². The van der Waals surface area contributed by atoms with Gasteiger partial charge in [0.2, 0.25) is 0 Å². The second-order valence-corrected chi connectivity index (χ2v) is 4.02. The number of benzene rings is 1. The summed E-state index contributed by atoms with van der Waals surface area (Å²) in [5.41, 5.74) is 3.25. The van der Waals surface area contributed by atoms with Crippen molar-refractivity contribution in [2.45, 2.75) is 13.8 Å². The number of aryl methyl sites for hydroxylation is 2. The van der Waals surface area contributed by atoms with Gasteiger partial charge in [0.05, 0.1) is 5.75 Å². The normalized spacial score (nSPS) is 10.1. The highest BCUT2D eigenvalue weighted by molar-refractivity contribution is 7.99. The number of thioether (sulfide) groups is 1. The van der Waals surface area contributed by atoms with E-state index in [9.17, 15) is 4.79 Å². The maximum absolute atomic E-state index is 11.5. The first-order valence-electron chi connectivity index (χ1n) is 4.24. The molecular weight excluding hydrogens is 180 g/mol. The summed E-state index contributed by atoms with van der Waals surface area (Å²) >= 11 is 1.57. The minimum atomic E-state index is 0.218. The van der Waals surface area contributed by atoms with E-state index < -0.39 is 0 Å². The lowest BCUT2D eigenvalue weighted by molar-refractivity contribution is 0.102. The smallest absolute Gasteiger partial charge is 0.172 e. The summed E-state index contributed by atoms with van der Waals surface area (Å²) in [6, 6.07) is 5.87. The Morgan fingerprint density at radius 3 is 2.54 bits per heavy atom. The first-order valence-corrected chi connectivity index (χ1v) is 5.64. The lowest BCUT2D eigenvalue weighted by Crippen LogP contribution is -2.02. The quantitative estimate of drug-likeness (QED) is 0.688. The largest absolute Gasteiger partial charge is 0.293 e. The number of ketones is 1. The molecule has 13 heavy (non-hydrogen) atoms. The number of carbonyl (C=O) groups excluding carboxylic acids is 1. The monoisotopic (exact) mass is 194 g/mol. The first kappa shape index (κ1) is 10.3. The molecule has 1 rings (SSSR count). The van der Waals surface area contributed by atoms with Crippen molar-refractivity contribution in [3.63, 3.8) is 0 Å². The lowest BCUT2D eigenvalue weighted by atomic mass is 10.0. The summed E-state index contributed by atoms with van der Waals surface area (Å²) in [6.45, 7) is 4.09. The number of carbonyl (C=O) groups is 1. The molecule has 0 saturated heterocycles. The van der Waals surface area contributed by atoms with Crippen LogP contribution in [0, 0.1) is 13.8 Å². The van der Waals surface area contributed by atoms with Crippen LogP contribution >= 0.6 is 11.8 Å². The molecule has 0 N–H and O–H groups in total. The van der Waals surface area contributed by atoms with E-state index in [2.05, 4.69) is 6.92 Å². The summed E-state index contributed by atoms with van der Waals surface area (Å²) in [4.78, 5) is 11.5. The fraction of sp³-hybridized carbons (Fsp3) is 0.364. The Balaban J connectivity index is 2.90. The van der Waals surface area contributed by atoms with Gasteiger partial charge in [0.15, 0.2) is 5.78 Å². The van der Waals surface area contributed by atoms with Crippen LogP contribution in [0.25, 0.3) is 0 Å². The third-order valence-electron chi connectivity index (χ3n) is 2.10. The predicted molar refractivity (Wildman–Crippen MR) is 58.6 cm³/mol. The van der Waals surface area contributed by atoms with Crippen molar-refractivity contribution < 1.29 is 4.79 Å². The van der Waals surface area contributed by atoms with Crippen LogP contribution in [0.15, 0.2) is 18.2 Å². The van der Waals surface area contributed by atoms with Gasteiger partial charge in [-0.15, -0.1) is 0 Å². The Morgan fingerprint density at radius 2 is 2.00 bits per heavy atom. The van der Waals surface area contributed by atoms with Gasteiger partial charge >= 0.3 is 0 Å². The van der Waals surface area contributed by atoms with E-state index in [1.165, 1.54) is 11.1 Å². The Bertz CT molecular complexity index is 318. The van der Waals surface area contributed by atoms with Crippen molar-refractivity contribution in [2.24, 2.45) is 0 Å². The molecule has 0 fully saturated rings. The molecule has 70 valence electrons. The average Bonchev–Trinajstić information content (AvgIpc) is 2.10. The zero-order chi connectivity index (χ0) is 9.84. The fourth-order valence-corrected chi connectivity index (χ4v) is 1.56. The second kappa shape index (κ2) is 4.47. The molecule has 0 aliphatic heterocycles. The van der Waals surface area contributed by atoms with Crippen molar-refractivity contribution in [1.82, 2.24) is 0 Å². The molecule has 0 unspecified atom stereocenters. The van der Waals surface area contributed by atoms with Crippen LogP contribution < -0.4 is 0 Å². The molecule has 1 nitrogen and oxygen atoms in total. The Labute approximate surface area is 83.5 Å². The van der Waals surface area contributed by atoms with Gasteiger partial charge in [-0.05, 0) is 37.3 Å². The molecule has 0 heterocycles. The maximum Gasteiger partial charge on any atom is 0.172 e. The van der Waals surface area contributed by atoms with Gasteiger partial charge in [-0.1, -0.05) is 12.1 Å². The highest BCUT2D eigenvalue weighted by Gasteiger charge is 2.04. The number of rotatable bonds is 3. The van der Waals surface area contributed by atoms with Crippen molar-refractivity contribution in [2.75, 3.05) is 12.0 Å². The Morgan fingerprint density at radius 1 is 1.31 bits per heavy atom. The van der Waals surface area contributed by atoms with Crippen LogP contribution in [0.1, 0.15) is 21.5 Å². The van der Waals surface area contributed by atoms with Crippen LogP contribution in [-0.2, 0) is 0 Å². The summed E-state index contributed by atoms with van der Waals surface area (Å²) in [7, 11) is 0. The number of hydrogen-bond acceptors (Lipinski definition) is 2. The molecule has 1 aromatic rings. The van der Waals surface area contributed by atoms with E-state index in [1.807, 2.05) is 31.4 Å². The predicted octanol–water partition coefficient (Wildman–Crippen LogP) is 2.85. The van der Waals surface area contributed by atoms with Gasteiger partial charge in [0, 0.05) is 5.56 Å². The van der Waals surface area contributed by atoms with Crippen molar-refractivity contribution in [3.05, 3.63) is 34.9 Å². The van der Waals surface area contributed by atoms with Gasteiger partial charge in [-0.25, -0.2) is 0 Å². The summed E-state index contributed by atoms with van der Waals surface area (Å²) in [5, 5.41) is 0. The van der Waals surface area contributed by atoms with Gasteiger partial charge in [0.25, 0.3) is 0 Å². The molecular formula is C11H14OS. The molecule has 0 aliphatic rings. The molecule has 0 atom stereocenters. The molecule has 0 saturated carbocycles. The molecule has 0 bridgehead atoms. The van der Waals surface area contributed by atoms with Crippen LogP contribution in [0.5, 0.6) is 0 Å². The maximum atomic E-state index is 11.5. The van der Waals surface area contributed by atoms with Crippen LogP contribution in [0.3, 0.4) is 0 Å². The molecule has 1 aromatic carbocycles. The SMILES string of the molecule is CSCC(=O)c1ccc(C)c(C)c1. The third kappa shape index (κ3) is 2.59. The second-order valence-electron chi connectivity index (χ2n) is 3.16. The standard InChI is InChI=1S/C11H14OS/c1-8-4-5-10(6-9(8)2)11(12)7-13-3/h4-6H,7H2,1-3H3. The van der Waals surface area contributed by atoms with E-state index in [-0.39, 0.29) is 5.78 Å². The van der Waals surface area contributed by atoms with Crippen molar-refractivity contribution in [3.8, 4) is 0 Å². The van der Waals surface area contributed by atoms with Gasteiger partial charge < -0.3 is 0 Å². The zero-order valence-corrected chi connectivity index (χ0v) is 9.07. The molecule has 2 heteroatoms. The van der Waals surface area contributed by atoms with Crippen LogP contribution in [-0.4, -0.2) is 17.8 Å². The topological polar surface area (TPSA) is 17.1 Å². The van der Waals surface area contributed by atoms with E-state index in [0.29, 0.717) is 5.75 Å². The Hall–Kier alpha value is -0.760. The van der Waals surface area contributed by atoms with Crippen LogP contribution in [0.4, 0.5) is 0 Å². The van der Waals surface area contributed by atoms with E-state index in [4.69, 9.17) is 0 Å². The molecule has 0 radical (unpaired) electrons. The minimum Gasteiger partial charge on any atom is -0.293 e. The summed E-state index contributed by atoms with van der Waals surface area (Å²) < 4.78 is 0. The van der Waals surface area contributed by atoms with Gasteiger partial charge in [-0.3, -0.25) is 4.79 Å². The first-order chi connectivity index (χ1) is 6.15. The van der Waals surface area contributed by atoms with Crippen LogP contribution in [0.2, 0.25) is 0 Å². The fourth-order valence-electron chi connectivity index (χ4n) is 1.13. The van der Waals surface area contributed by atoms with Crippen molar-refractivity contribution >= 4 is 17.5 Å². The number of hydrogen-bond donors (Lipinski definition) is 0. The summed E-state index contributed by atoms with van der Waals surface area (Å²) in [5.74, 6) is 0.790. The van der Waals surface area contributed by atoms with E-state index in [0.717, 1.165) is 5.56 Å². The van der Waals surface area contributed by atoms with Gasteiger partial charge in [0.1, 0.15) is 0 Å². The minimum absolute atomic E-state index is 0.218. The highest BCUT2D eigenvalue weighted by Crippen LogP contribution is 2.11. The highest BCUT2D eigenvalue weighted by atomic mass is 32.2. The van der Waals surface area contributed by atoms with E-state index >= 15 is 0 Å². The molecule has 0 aliphatic carbocycles. The average molecular weight is 194 g/mol. The third-order valence-corrected chi connectivity index (χ3v) is 2.66. The lowest BCUT2D eigenvalue weighted by Gasteiger charge is -2.03. The number of Topliss-reactive ketones (excluding diaryl/α,β-unsaturated/α-hetero) is 1. The molecule has 0 amide bonds. The molecule has 0 aromatic heterocycles.